The summed E-state index contributed by atoms with van der Waals surface area (Å²) in [6, 6.07) is 6.27. The fourth-order valence-corrected chi connectivity index (χ4v) is 2.73. The third-order valence-electron chi connectivity index (χ3n) is 3.40. The lowest BCUT2D eigenvalue weighted by Crippen LogP contribution is -2.10. The summed E-state index contributed by atoms with van der Waals surface area (Å²) in [6.45, 7) is 8.31. The maximum atomic E-state index is 6.04. The molecule has 0 unspecified atom stereocenters. The molecule has 4 nitrogen and oxygen atoms in total. The number of nitrogens with zero attached hydrogens (tertiary/aromatic N) is 2. The first kappa shape index (κ1) is 16.0. The molecule has 1 heterocycles. The highest BCUT2D eigenvalue weighted by Crippen LogP contribution is 2.25. The molecule has 0 aliphatic heterocycles. The van der Waals surface area contributed by atoms with E-state index in [1.807, 2.05) is 24.7 Å². The Morgan fingerprint density at radius 2 is 2.10 bits per heavy atom. The molecule has 0 fully saturated rings. The maximum Gasteiger partial charge on any atom is 0.131 e. The Hall–Kier alpha value is -1.33. The monoisotopic (exact) mass is 351 g/mol. The standard InChI is InChI=1S/C16H22BrN3O/c1-5-20-14(16(17)12(3)19-20)10-21-15-7-6-11(2)8-13(15)9-18-4/h6-8,18H,5,9-10H2,1-4H3. The van der Waals surface area contributed by atoms with Crippen molar-refractivity contribution in [2.75, 3.05) is 7.05 Å². The third kappa shape index (κ3) is 3.66. The maximum absolute atomic E-state index is 6.04. The predicted octanol–water partition coefficient (Wildman–Crippen LogP) is 3.58. The molecule has 1 aromatic carbocycles. The van der Waals surface area contributed by atoms with Crippen LogP contribution in [-0.2, 0) is 19.7 Å². The van der Waals surface area contributed by atoms with Crippen LogP contribution < -0.4 is 10.1 Å². The molecule has 0 aliphatic carbocycles. The van der Waals surface area contributed by atoms with Crippen LogP contribution in [0.2, 0.25) is 0 Å². The third-order valence-corrected chi connectivity index (χ3v) is 4.43. The molecule has 0 amide bonds. The van der Waals surface area contributed by atoms with E-state index in [4.69, 9.17) is 4.74 Å². The van der Waals surface area contributed by atoms with Gasteiger partial charge < -0.3 is 10.1 Å². The second kappa shape index (κ2) is 7.09. The number of benzene rings is 1. The van der Waals surface area contributed by atoms with Crippen LogP contribution in [0.1, 0.15) is 29.4 Å². The number of nitrogens with one attached hydrogen (secondary N) is 1. The Labute approximate surface area is 134 Å². The topological polar surface area (TPSA) is 39.1 Å². The molecule has 0 saturated carbocycles. The van der Waals surface area contributed by atoms with Crippen molar-refractivity contribution in [2.24, 2.45) is 0 Å². The lowest BCUT2D eigenvalue weighted by Gasteiger charge is -2.13. The fourth-order valence-electron chi connectivity index (χ4n) is 2.33. The van der Waals surface area contributed by atoms with Gasteiger partial charge in [-0.3, -0.25) is 4.68 Å². The number of hydrogen-bond donors (Lipinski definition) is 1. The van der Waals surface area contributed by atoms with Crippen LogP contribution in [-0.4, -0.2) is 16.8 Å². The number of ether oxygens (including phenoxy) is 1. The van der Waals surface area contributed by atoms with Gasteiger partial charge in [0, 0.05) is 18.7 Å². The molecule has 114 valence electrons. The van der Waals surface area contributed by atoms with E-state index < -0.39 is 0 Å². The van der Waals surface area contributed by atoms with Gasteiger partial charge in [0.1, 0.15) is 12.4 Å². The average Bonchev–Trinajstić information content (AvgIpc) is 2.74. The van der Waals surface area contributed by atoms with E-state index >= 15 is 0 Å². The molecule has 0 atom stereocenters. The molecule has 0 saturated heterocycles. The number of hydrogen-bond acceptors (Lipinski definition) is 3. The lowest BCUT2D eigenvalue weighted by molar-refractivity contribution is 0.288. The number of aryl methyl sites for hydroxylation is 3. The Bertz CT molecular complexity index is 622. The van der Waals surface area contributed by atoms with Gasteiger partial charge in [-0.2, -0.15) is 5.10 Å². The van der Waals surface area contributed by atoms with E-state index in [1.165, 1.54) is 11.1 Å². The molecule has 21 heavy (non-hydrogen) atoms. The van der Waals surface area contributed by atoms with Gasteiger partial charge in [0.15, 0.2) is 0 Å². The zero-order valence-corrected chi connectivity index (χ0v) is 14.6. The Kier molecular flexibility index (Phi) is 5.42. The van der Waals surface area contributed by atoms with E-state index in [9.17, 15) is 0 Å². The normalized spacial score (nSPS) is 10.9. The van der Waals surface area contributed by atoms with Crippen LogP contribution in [0.15, 0.2) is 22.7 Å². The smallest absolute Gasteiger partial charge is 0.131 e. The summed E-state index contributed by atoms with van der Waals surface area (Å²) in [5.41, 5.74) is 4.48. The molecule has 2 aromatic rings. The zero-order chi connectivity index (χ0) is 15.4. The summed E-state index contributed by atoms with van der Waals surface area (Å²) in [5, 5.41) is 7.67. The Morgan fingerprint density at radius 1 is 1.33 bits per heavy atom. The van der Waals surface area contributed by atoms with Gasteiger partial charge in [0.25, 0.3) is 0 Å². The van der Waals surface area contributed by atoms with Crippen molar-refractivity contribution in [3.63, 3.8) is 0 Å². The first-order chi connectivity index (χ1) is 10.1. The summed E-state index contributed by atoms with van der Waals surface area (Å²) < 4.78 is 9.05. The summed E-state index contributed by atoms with van der Waals surface area (Å²) in [6.07, 6.45) is 0. The summed E-state index contributed by atoms with van der Waals surface area (Å²) in [4.78, 5) is 0. The minimum atomic E-state index is 0.509. The van der Waals surface area contributed by atoms with Crippen molar-refractivity contribution >= 4 is 15.9 Å². The van der Waals surface area contributed by atoms with Crippen molar-refractivity contribution in [2.45, 2.75) is 40.5 Å². The van der Waals surface area contributed by atoms with E-state index in [0.717, 1.165) is 34.7 Å². The van der Waals surface area contributed by atoms with Crippen LogP contribution >= 0.6 is 15.9 Å². The van der Waals surface area contributed by atoms with Crippen LogP contribution in [0.25, 0.3) is 0 Å². The minimum Gasteiger partial charge on any atom is -0.487 e. The second-order valence-corrected chi connectivity index (χ2v) is 5.89. The van der Waals surface area contributed by atoms with Crippen molar-refractivity contribution in [3.05, 3.63) is 45.2 Å². The second-order valence-electron chi connectivity index (χ2n) is 5.09. The first-order valence-corrected chi connectivity index (χ1v) is 7.94. The van der Waals surface area contributed by atoms with Gasteiger partial charge in [-0.1, -0.05) is 17.7 Å². The van der Waals surface area contributed by atoms with Crippen LogP contribution in [0, 0.1) is 13.8 Å². The van der Waals surface area contributed by atoms with Gasteiger partial charge in [-0.25, -0.2) is 0 Å². The number of aromatic nitrogens is 2. The highest BCUT2D eigenvalue weighted by atomic mass is 79.9. The molecule has 1 aromatic heterocycles. The van der Waals surface area contributed by atoms with Crippen LogP contribution in [0.3, 0.4) is 0 Å². The predicted molar refractivity (Wildman–Crippen MR) is 88.6 cm³/mol. The highest BCUT2D eigenvalue weighted by Gasteiger charge is 2.13. The van der Waals surface area contributed by atoms with Crippen molar-refractivity contribution < 1.29 is 4.74 Å². The first-order valence-electron chi connectivity index (χ1n) is 7.15. The Morgan fingerprint density at radius 3 is 2.76 bits per heavy atom. The average molecular weight is 352 g/mol. The molecule has 0 aliphatic rings. The fraction of sp³-hybridized carbons (Fsp3) is 0.438. The number of halogens is 1. The SMILES string of the molecule is CCn1nc(C)c(Br)c1COc1ccc(C)cc1CNC. The van der Waals surface area contributed by atoms with Crippen LogP contribution in [0.5, 0.6) is 5.75 Å². The molecular weight excluding hydrogens is 330 g/mol. The zero-order valence-electron chi connectivity index (χ0n) is 13.0. The van der Waals surface area contributed by atoms with E-state index in [2.05, 4.69) is 52.3 Å². The molecule has 1 N–H and O–H groups in total. The van der Waals surface area contributed by atoms with E-state index in [0.29, 0.717) is 6.61 Å². The van der Waals surface area contributed by atoms with Crippen molar-refractivity contribution in [3.8, 4) is 5.75 Å². The lowest BCUT2D eigenvalue weighted by atomic mass is 10.1. The molecule has 0 spiro atoms. The molecule has 2 rings (SSSR count). The van der Waals surface area contributed by atoms with E-state index in [1.54, 1.807) is 0 Å². The van der Waals surface area contributed by atoms with E-state index in [-0.39, 0.29) is 0 Å². The van der Waals surface area contributed by atoms with Crippen molar-refractivity contribution in [1.82, 2.24) is 15.1 Å². The molecule has 5 heteroatoms. The minimum absolute atomic E-state index is 0.509. The summed E-state index contributed by atoms with van der Waals surface area (Å²) in [7, 11) is 1.94. The van der Waals surface area contributed by atoms with Gasteiger partial charge in [0.05, 0.1) is 15.9 Å². The van der Waals surface area contributed by atoms with Gasteiger partial charge in [-0.15, -0.1) is 0 Å². The van der Waals surface area contributed by atoms with Gasteiger partial charge >= 0.3 is 0 Å². The van der Waals surface area contributed by atoms with Gasteiger partial charge in [-0.05, 0) is 49.8 Å². The van der Waals surface area contributed by atoms with Crippen molar-refractivity contribution in [1.29, 1.82) is 0 Å². The highest BCUT2D eigenvalue weighted by molar-refractivity contribution is 9.10. The van der Waals surface area contributed by atoms with Gasteiger partial charge in [0.2, 0.25) is 0 Å². The molecule has 0 bridgehead atoms. The summed E-state index contributed by atoms with van der Waals surface area (Å²) in [5.74, 6) is 0.920. The quantitative estimate of drug-likeness (QED) is 0.864. The summed E-state index contributed by atoms with van der Waals surface area (Å²) >= 11 is 3.60. The molecular formula is C16H22BrN3O. The number of rotatable bonds is 6. The van der Waals surface area contributed by atoms with Crippen LogP contribution in [0.4, 0.5) is 0 Å². The Balaban J connectivity index is 2.20. The largest absolute Gasteiger partial charge is 0.487 e. The molecule has 0 radical (unpaired) electrons.